The Balaban J connectivity index is 1.43. The van der Waals surface area contributed by atoms with Gasteiger partial charge in [-0.25, -0.2) is 4.72 Å². The number of sulfonamides is 1. The van der Waals surface area contributed by atoms with Gasteiger partial charge in [-0.15, -0.1) is 5.10 Å². The van der Waals surface area contributed by atoms with Crippen molar-refractivity contribution in [1.82, 2.24) is 24.7 Å². The molecule has 8 nitrogen and oxygen atoms in total. The summed E-state index contributed by atoms with van der Waals surface area (Å²) in [5.41, 5.74) is 6.06. The molecule has 160 valence electrons. The lowest BCUT2D eigenvalue weighted by Crippen LogP contribution is -2.32. The predicted octanol–water partition coefficient (Wildman–Crippen LogP) is 2.52. The van der Waals surface area contributed by atoms with Crippen molar-refractivity contribution in [2.45, 2.75) is 56.5 Å². The first-order valence-electron chi connectivity index (χ1n) is 10.4. The number of rotatable bonds is 6. The maximum atomic E-state index is 12.8. The van der Waals surface area contributed by atoms with E-state index < -0.39 is 15.9 Å². The van der Waals surface area contributed by atoms with Gasteiger partial charge >= 0.3 is 0 Å². The fourth-order valence-corrected chi connectivity index (χ4v) is 5.05. The molecule has 0 aliphatic heterocycles. The lowest BCUT2D eigenvalue weighted by Gasteiger charge is -2.15. The summed E-state index contributed by atoms with van der Waals surface area (Å²) in [6.45, 7) is 1.92. The summed E-state index contributed by atoms with van der Waals surface area (Å²) in [6, 6.07) is 8.19. The van der Waals surface area contributed by atoms with Crippen molar-refractivity contribution in [3.05, 3.63) is 59.0 Å². The first-order chi connectivity index (χ1) is 14.9. The van der Waals surface area contributed by atoms with Crippen LogP contribution in [0.4, 0.5) is 0 Å². The molecule has 3 aromatic rings. The summed E-state index contributed by atoms with van der Waals surface area (Å²) in [7, 11) is -4.07. The van der Waals surface area contributed by atoms with E-state index in [-0.39, 0.29) is 17.5 Å². The Morgan fingerprint density at radius 3 is 2.84 bits per heavy atom. The lowest BCUT2D eigenvalue weighted by molar-refractivity contribution is -0.118. The minimum absolute atomic E-state index is 0.0180. The van der Waals surface area contributed by atoms with Gasteiger partial charge in [0.2, 0.25) is 10.9 Å². The van der Waals surface area contributed by atoms with Crippen LogP contribution in [-0.4, -0.2) is 34.3 Å². The van der Waals surface area contributed by atoms with Crippen LogP contribution in [0.15, 0.2) is 41.7 Å². The highest BCUT2D eigenvalue weighted by molar-refractivity contribution is 7.90. The molecule has 9 heteroatoms. The summed E-state index contributed by atoms with van der Waals surface area (Å²) in [5.74, 6) is -0.576. The monoisotopic (exact) mass is 437 g/mol. The number of benzene rings is 1. The molecule has 0 saturated heterocycles. The summed E-state index contributed by atoms with van der Waals surface area (Å²) >= 11 is 0. The van der Waals surface area contributed by atoms with E-state index in [0.29, 0.717) is 0 Å². The quantitative estimate of drug-likeness (QED) is 0.635. The number of pyridine rings is 1. The number of carbonyl (C=O) groups is 1. The van der Waals surface area contributed by atoms with Gasteiger partial charge in [-0.1, -0.05) is 12.1 Å². The largest absolute Gasteiger partial charge is 0.285 e. The number of aryl methyl sites for hydroxylation is 2. The molecule has 0 radical (unpaired) electrons. The van der Waals surface area contributed by atoms with E-state index in [0.717, 1.165) is 60.1 Å². The molecular formula is C22H23N5O3S. The minimum Gasteiger partial charge on any atom is -0.274 e. The average molecular weight is 438 g/mol. The number of fused-ring (bicyclic) bond motifs is 1. The molecule has 2 aliphatic rings. The van der Waals surface area contributed by atoms with Gasteiger partial charge in [0.05, 0.1) is 18.7 Å². The highest BCUT2D eigenvalue weighted by Crippen LogP contribution is 2.34. The second-order valence-corrected chi connectivity index (χ2v) is 9.84. The van der Waals surface area contributed by atoms with Gasteiger partial charge in [-0.05, 0) is 79.0 Å². The number of hydrogen-bond donors (Lipinski definition) is 1. The number of aromatic nitrogens is 4. The van der Waals surface area contributed by atoms with Crippen LogP contribution in [0.3, 0.4) is 0 Å². The molecule has 0 atom stereocenters. The fraction of sp³-hybridized carbons (Fsp3) is 0.364. The number of amides is 1. The SMILES string of the molecule is Cc1cc(-c2ccc3c(c2CC(=O)NS(=O)(=O)c2cnn(C4CC4)n2)CCC3)ccn1. The highest BCUT2D eigenvalue weighted by Gasteiger charge is 2.29. The van der Waals surface area contributed by atoms with Crippen LogP contribution in [0.25, 0.3) is 11.1 Å². The lowest BCUT2D eigenvalue weighted by atomic mass is 9.91. The summed E-state index contributed by atoms with van der Waals surface area (Å²) < 4.78 is 27.5. The van der Waals surface area contributed by atoms with Gasteiger partial charge in [-0.3, -0.25) is 9.78 Å². The number of carbonyl (C=O) groups excluding carboxylic acids is 1. The standard InChI is InChI=1S/C22H23N5O3S/c1-14-11-16(9-10-23-14)19-8-5-15-3-2-4-18(15)20(19)12-21(28)26-31(29,30)22-13-24-27(25-22)17-6-7-17/h5,8-11,13,17H,2-4,6-7,12H2,1H3,(H,26,28). The minimum atomic E-state index is -4.07. The number of hydrogen-bond acceptors (Lipinski definition) is 6. The van der Waals surface area contributed by atoms with Gasteiger partial charge < -0.3 is 0 Å². The smallest absolute Gasteiger partial charge is 0.274 e. The van der Waals surface area contributed by atoms with Crippen LogP contribution in [0.1, 0.15) is 47.7 Å². The van der Waals surface area contributed by atoms with E-state index in [9.17, 15) is 13.2 Å². The zero-order valence-electron chi connectivity index (χ0n) is 17.2. The van der Waals surface area contributed by atoms with Crippen LogP contribution in [0, 0.1) is 6.92 Å². The van der Waals surface area contributed by atoms with E-state index in [4.69, 9.17) is 0 Å². The zero-order valence-corrected chi connectivity index (χ0v) is 18.0. The molecule has 1 saturated carbocycles. The van der Waals surface area contributed by atoms with Crippen LogP contribution in [-0.2, 0) is 34.1 Å². The Labute approximate surface area is 180 Å². The van der Waals surface area contributed by atoms with Gasteiger partial charge in [-0.2, -0.15) is 18.3 Å². The first-order valence-corrected chi connectivity index (χ1v) is 11.9. The normalized spacial score (nSPS) is 15.6. The number of nitrogens with one attached hydrogen (secondary N) is 1. The van der Waals surface area contributed by atoms with Crippen molar-refractivity contribution >= 4 is 15.9 Å². The molecule has 5 rings (SSSR count). The molecule has 1 aromatic carbocycles. The van der Waals surface area contributed by atoms with E-state index in [2.05, 4.69) is 26.0 Å². The van der Waals surface area contributed by atoms with E-state index in [1.54, 1.807) is 6.20 Å². The van der Waals surface area contributed by atoms with Crippen LogP contribution in [0.2, 0.25) is 0 Å². The predicted molar refractivity (Wildman–Crippen MR) is 114 cm³/mol. The summed E-state index contributed by atoms with van der Waals surface area (Å²) in [6.07, 6.45) is 7.70. The first kappa shape index (κ1) is 19.9. The van der Waals surface area contributed by atoms with Crippen molar-refractivity contribution in [3.63, 3.8) is 0 Å². The second kappa shape index (κ2) is 7.56. The van der Waals surface area contributed by atoms with Gasteiger partial charge in [0.15, 0.2) is 0 Å². The molecule has 0 spiro atoms. The van der Waals surface area contributed by atoms with Crippen molar-refractivity contribution in [1.29, 1.82) is 0 Å². The van der Waals surface area contributed by atoms with Crippen molar-refractivity contribution < 1.29 is 13.2 Å². The maximum Gasteiger partial charge on any atom is 0.285 e. The third-order valence-electron chi connectivity index (χ3n) is 5.83. The Morgan fingerprint density at radius 1 is 1.23 bits per heavy atom. The Bertz CT molecular complexity index is 1280. The van der Waals surface area contributed by atoms with Crippen LogP contribution < -0.4 is 4.72 Å². The zero-order chi connectivity index (χ0) is 21.6. The fourth-order valence-electron chi connectivity index (χ4n) is 4.19. The molecule has 31 heavy (non-hydrogen) atoms. The summed E-state index contributed by atoms with van der Waals surface area (Å²) in [4.78, 5) is 18.5. The molecule has 2 aliphatic carbocycles. The molecule has 1 amide bonds. The average Bonchev–Trinajstić information content (AvgIpc) is 3.24. The van der Waals surface area contributed by atoms with E-state index in [1.165, 1.54) is 16.6 Å². The maximum absolute atomic E-state index is 12.8. The second-order valence-electron chi connectivity index (χ2n) is 8.21. The van der Waals surface area contributed by atoms with Crippen molar-refractivity contribution in [2.75, 3.05) is 0 Å². The molecule has 2 aromatic heterocycles. The molecule has 0 unspecified atom stereocenters. The Morgan fingerprint density at radius 2 is 2.06 bits per heavy atom. The van der Waals surface area contributed by atoms with Crippen molar-refractivity contribution in [2.24, 2.45) is 0 Å². The Hall–Kier alpha value is -3.07. The van der Waals surface area contributed by atoms with E-state index in [1.807, 2.05) is 25.1 Å². The number of nitrogens with zero attached hydrogens (tertiary/aromatic N) is 4. The molecule has 1 N–H and O–H groups in total. The third-order valence-corrected chi connectivity index (χ3v) is 7.06. The van der Waals surface area contributed by atoms with Crippen molar-refractivity contribution in [3.8, 4) is 11.1 Å². The third kappa shape index (κ3) is 3.97. The van der Waals surface area contributed by atoms with Gasteiger partial charge in [0.1, 0.15) is 0 Å². The topological polar surface area (TPSA) is 107 Å². The van der Waals surface area contributed by atoms with E-state index >= 15 is 0 Å². The van der Waals surface area contributed by atoms with Gasteiger partial charge in [0, 0.05) is 11.9 Å². The summed E-state index contributed by atoms with van der Waals surface area (Å²) in [5, 5.41) is 7.82. The molecule has 0 bridgehead atoms. The highest BCUT2D eigenvalue weighted by atomic mass is 32.2. The Kier molecular flexibility index (Phi) is 4.85. The van der Waals surface area contributed by atoms with Gasteiger partial charge in [0.25, 0.3) is 10.0 Å². The molecule has 2 heterocycles. The van der Waals surface area contributed by atoms with Crippen LogP contribution in [0.5, 0.6) is 0 Å². The molecule has 1 fully saturated rings. The molecular weight excluding hydrogens is 414 g/mol. The van der Waals surface area contributed by atoms with Crippen LogP contribution >= 0.6 is 0 Å².